The Balaban J connectivity index is 1.77. The molecule has 0 aromatic heterocycles. The molecule has 1 atom stereocenters. The first-order chi connectivity index (χ1) is 12.2. The minimum absolute atomic E-state index is 0.111. The number of unbranched alkanes of at least 4 members (excludes halogenated alkanes) is 14. The third-order valence-electron chi connectivity index (χ3n) is 5.87. The predicted octanol–water partition coefficient (Wildman–Crippen LogP) is 5.79. The lowest BCUT2D eigenvalue weighted by Gasteiger charge is -2.34. The third-order valence-corrected chi connectivity index (χ3v) is 5.87. The minimum atomic E-state index is -0.111. The van der Waals surface area contributed by atoms with E-state index < -0.39 is 0 Å². The Kier molecular flexibility index (Phi) is 13.7. The molecule has 0 aromatic rings. The highest BCUT2D eigenvalue weighted by Crippen LogP contribution is 2.19. The molecule has 3 N–H and O–H groups in total. The van der Waals surface area contributed by atoms with Crippen molar-refractivity contribution in [2.45, 2.75) is 122 Å². The van der Waals surface area contributed by atoms with Gasteiger partial charge in [0.1, 0.15) is 0 Å². The molecule has 0 spiro atoms. The molecule has 0 saturated carbocycles. The zero-order chi connectivity index (χ0) is 18.2. The van der Waals surface area contributed by atoms with Crippen LogP contribution in [0.4, 0.5) is 0 Å². The monoisotopic (exact) mass is 353 g/mol. The van der Waals surface area contributed by atoms with Crippen molar-refractivity contribution < 1.29 is 0 Å². The Morgan fingerprint density at radius 3 is 1.60 bits per heavy atom. The van der Waals surface area contributed by atoms with Crippen LogP contribution in [0.15, 0.2) is 0 Å². The molecule has 1 fully saturated rings. The largest absolute Gasteiger partial charge is 0.313 e. The van der Waals surface area contributed by atoms with E-state index in [-0.39, 0.29) is 5.66 Å². The van der Waals surface area contributed by atoms with Gasteiger partial charge in [-0.15, -0.1) is 0 Å². The van der Waals surface area contributed by atoms with Crippen LogP contribution >= 0.6 is 0 Å². The van der Waals surface area contributed by atoms with Crippen molar-refractivity contribution in [1.29, 1.82) is 0 Å². The summed E-state index contributed by atoms with van der Waals surface area (Å²) in [5.41, 5.74) is 6.35. The van der Waals surface area contributed by atoms with Gasteiger partial charge in [-0.05, 0) is 13.3 Å². The second-order valence-corrected chi connectivity index (χ2v) is 8.48. The van der Waals surface area contributed by atoms with E-state index in [1.165, 1.54) is 96.3 Å². The zero-order valence-corrected chi connectivity index (χ0v) is 17.5. The molecule has 0 bridgehead atoms. The Morgan fingerprint density at radius 2 is 1.20 bits per heavy atom. The Bertz CT molecular complexity index is 285. The van der Waals surface area contributed by atoms with Crippen LogP contribution in [0.5, 0.6) is 0 Å². The highest BCUT2D eigenvalue weighted by atomic mass is 15.4. The average Bonchev–Trinajstić information content (AvgIpc) is 3.14. The van der Waals surface area contributed by atoms with Crippen molar-refractivity contribution in [3.63, 3.8) is 0 Å². The van der Waals surface area contributed by atoms with E-state index in [0.717, 1.165) is 26.2 Å². The molecule has 0 amide bonds. The fourth-order valence-corrected chi connectivity index (χ4v) is 3.96. The van der Waals surface area contributed by atoms with Gasteiger partial charge in [0, 0.05) is 19.8 Å². The van der Waals surface area contributed by atoms with Gasteiger partial charge in [-0.25, -0.2) is 0 Å². The predicted molar refractivity (Wildman–Crippen MR) is 112 cm³/mol. The van der Waals surface area contributed by atoms with Crippen LogP contribution in [0.3, 0.4) is 0 Å². The molecule has 0 radical (unpaired) electrons. The standard InChI is InChI=1S/C22H47N3/c1-3-4-5-6-7-8-9-10-11-12-13-14-15-16-17-18-22(2,23)25-20-19-24-21-25/h24H,3-21,23H2,1-2H3. The third kappa shape index (κ3) is 12.0. The molecule has 0 aliphatic carbocycles. The van der Waals surface area contributed by atoms with Gasteiger partial charge >= 0.3 is 0 Å². The number of nitrogens with zero attached hydrogens (tertiary/aromatic N) is 1. The van der Waals surface area contributed by atoms with Gasteiger partial charge in [-0.2, -0.15) is 0 Å². The lowest BCUT2D eigenvalue weighted by Crippen LogP contribution is -2.52. The minimum Gasteiger partial charge on any atom is -0.313 e. The molecule has 1 heterocycles. The van der Waals surface area contributed by atoms with Crippen molar-refractivity contribution >= 4 is 0 Å². The maximum atomic E-state index is 6.46. The summed E-state index contributed by atoms with van der Waals surface area (Å²) in [7, 11) is 0. The zero-order valence-electron chi connectivity index (χ0n) is 17.5. The van der Waals surface area contributed by atoms with Gasteiger partial charge < -0.3 is 11.1 Å². The fraction of sp³-hybridized carbons (Fsp3) is 1.00. The molecule has 3 nitrogen and oxygen atoms in total. The first kappa shape index (κ1) is 22.9. The quantitative estimate of drug-likeness (QED) is 0.325. The summed E-state index contributed by atoms with van der Waals surface area (Å²) < 4.78 is 0. The normalized spacial score (nSPS) is 17.9. The summed E-state index contributed by atoms with van der Waals surface area (Å²) in [4.78, 5) is 2.39. The topological polar surface area (TPSA) is 41.3 Å². The number of rotatable bonds is 17. The highest BCUT2D eigenvalue weighted by Gasteiger charge is 2.28. The maximum Gasteiger partial charge on any atom is 0.0669 e. The fourth-order valence-electron chi connectivity index (χ4n) is 3.96. The van der Waals surface area contributed by atoms with Crippen LogP contribution in [-0.2, 0) is 0 Å². The van der Waals surface area contributed by atoms with Crippen molar-refractivity contribution in [2.24, 2.45) is 5.73 Å². The van der Waals surface area contributed by atoms with E-state index >= 15 is 0 Å². The summed E-state index contributed by atoms with van der Waals surface area (Å²) >= 11 is 0. The molecule has 3 heteroatoms. The molecule has 0 aromatic carbocycles. The van der Waals surface area contributed by atoms with Crippen molar-refractivity contribution in [3.8, 4) is 0 Å². The molecule has 25 heavy (non-hydrogen) atoms. The molecule has 1 aliphatic rings. The number of nitrogens with one attached hydrogen (secondary N) is 1. The molecular weight excluding hydrogens is 306 g/mol. The van der Waals surface area contributed by atoms with Gasteiger partial charge in [0.15, 0.2) is 0 Å². The lowest BCUT2D eigenvalue weighted by molar-refractivity contribution is 0.126. The molecule has 150 valence electrons. The Labute approximate surface area is 158 Å². The molecule has 1 aliphatic heterocycles. The summed E-state index contributed by atoms with van der Waals surface area (Å²) in [6.45, 7) is 7.65. The van der Waals surface area contributed by atoms with Crippen LogP contribution in [0.1, 0.15) is 117 Å². The number of nitrogens with two attached hydrogens (primary N) is 1. The second-order valence-electron chi connectivity index (χ2n) is 8.48. The van der Waals surface area contributed by atoms with Gasteiger partial charge in [0.25, 0.3) is 0 Å². The van der Waals surface area contributed by atoms with Gasteiger partial charge in [-0.1, -0.05) is 103 Å². The van der Waals surface area contributed by atoms with E-state index in [4.69, 9.17) is 5.73 Å². The maximum absolute atomic E-state index is 6.46. The lowest BCUT2D eigenvalue weighted by atomic mass is 10.0. The van der Waals surface area contributed by atoms with Crippen molar-refractivity contribution in [1.82, 2.24) is 10.2 Å². The first-order valence-electron chi connectivity index (χ1n) is 11.4. The highest BCUT2D eigenvalue weighted by molar-refractivity contribution is 4.83. The summed E-state index contributed by atoms with van der Waals surface area (Å²) in [6, 6.07) is 0. The van der Waals surface area contributed by atoms with E-state index in [0.29, 0.717) is 0 Å². The van der Waals surface area contributed by atoms with Crippen molar-refractivity contribution in [2.75, 3.05) is 19.8 Å². The van der Waals surface area contributed by atoms with Gasteiger partial charge in [0.05, 0.1) is 5.66 Å². The molecular formula is C22H47N3. The second kappa shape index (κ2) is 15.0. The average molecular weight is 354 g/mol. The van der Waals surface area contributed by atoms with E-state index in [2.05, 4.69) is 24.1 Å². The van der Waals surface area contributed by atoms with Crippen LogP contribution < -0.4 is 11.1 Å². The molecule has 1 rings (SSSR count). The van der Waals surface area contributed by atoms with E-state index in [9.17, 15) is 0 Å². The summed E-state index contributed by atoms with van der Waals surface area (Å²) in [6.07, 6.45) is 22.5. The SMILES string of the molecule is CCCCCCCCCCCCCCCCCC(C)(N)N1CCNC1. The van der Waals surface area contributed by atoms with Crippen molar-refractivity contribution in [3.05, 3.63) is 0 Å². The first-order valence-corrected chi connectivity index (χ1v) is 11.4. The molecule has 1 unspecified atom stereocenters. The molecule has 1 saturated heterocycles. The van der Waals surface area contributed by atoms with Gasteiger partial charge in [-0.3, -0.25) is 4.90 Å². The number of hydrogen-bond donors (Lipinski definition) is 2. The Hall–Kier alpha value is -0.120. The summed E-state index contributed by atoms with van der Waals surface area (Å²) in [5, 5.41) is 3.38. The van der Waals surface area contributed by atoms with E-state index in [1.807, 2.05) is 0 Å². The number of hydrogen-bond acceptors (Lipinski definition) is 3. The van der Waals surface area contributed by atoms with Crippen LogP contribution in [0.25, 0.3) is 0 Å². The van der Waals surface area contributed by atoms with Crippen LogP contribution in [-0.4, -0.2) is 30.3 Å². The van der Waals surface area contributed by atoms with E-state index in [1.54, 1.807) is 0 Å². The van der Waals surface area contributed by atoms with Crippen LogP contribution in [0.2, 0.25) is 0 Å². The Morgan fingerprint density at radius 1 is 0.760 bits per heavy atom. The summed E-state index contributed by atoms with van der Waals surface area (Å²) in [5.74, 6) is 0. The van der Waals surface area contributed by atoms with Gasteiger partial charge in [0.2, 0.25) is 0 Å². The van der Waals surface area contributed by atoms with Crippen LogP contribution in [0, 0.1) is 0 Å². The smallest absolute Gasteiger partial charge is 0.0669 e.